The zero-order valence-electron chi connectivity index (χ0n) is 13.4. The number of para-hydroxylation sites is 1. The molecule has 0 saturated heterocycles. The topological polar surface area (TPSA) is 40.5 Å². The van der Waals surface area contributed by atoms with Crippen LogP contribution in [0.2, 0.25) is 0 Å². The Morgan fingerprint density at radius 1 is 0.917 bits per heavy atom. The number of anilines is 1. The molecule has 4 rings (SSSR count). The van der Waals surface area contributed by atoms with Gasteiger partial charge in [0.2, 0.25) is 0 Å². The van der Waals surface area contributed by atoms with E-state index in [2.05, 4.69) is 12.1 Å². The van der Waals surface area contributed by atoms with E-state index < -0.39 is 5.91 Å². The Balaban J connectivity index is 1.77. The van der Waals surface area contributed by atoms with Crippen LogP contribution in [0.25, 0.3) is 11.1 Å². The average Bonchev–Trinajstić information content (AvgIpc) is 2.99. The van der Waals surface area contributed by atoms with Crippen LogP contribution < -0.4 is 5.06 Å². The van der Waals surface area contributed by atoms with Crippen LogP contribution in [-0.2, 0) is 6.42 Å². The van der Waals surface area contributed by atoms with Crippen LogP contribution in [0.1, 0.15) is 27.0 Å². The second-order valence-corrected chi connectivity index (χ2v) is 6.07. The van der Waals surface area contributed by atoms with E-state index in [1.807, 2.05) is 49.4 Å². The normalized spacial score (nSPS) is 11.8. The van der Waals surface area contributed by atoms with E-state index in [1.165, 1.54) is 11.1 Å². The molecule has 0 aromatic heterocycles. The quantitative estimate of drug-likeness (QED) is 0.434. The Bertz CT molecular complexity index is 946. The van der Waals surface area contributed by atoms with Crippen LogP contribution in [0.15, 0.2) is 66.7 Å². The maximum atomic E-state index is 12.9. The molecule has 0 unspecified atom stereocenters. The van der Waals surface area contributed by atoms with Gasteiger partial charge in [-0.1, -0.05) is 54.6 Å². The highest BCUT2D eigenvalue weighted by molar-refractivity contribution is 6.07. The van der Waals surface area contributed by atoms with Crippen molar-refractivity contribution in [2.45, 2.75) is 13.3 Å². The van der Waals surface area contributed by atoms with Gasteiger partial charge in [-0.2, -0.15) is 5.06 Å². The zero-order chi connectivity index (χ0) is 16.7. The molecule has 118 valence electrons. The molecular weight excluding hydrogens is 298 g/mol. The third kappa shape index (κ3) is 2.22. The van der Waals surface area contributed by atoms with Crippen LogP contribution in [0.3, 0.4) is 0 Å². The lowest BCUT2D eigenvalue weighted by Gasteiger charge is -2.18. The zero-order valence-corrected chi connectivity index (χ0v) is 13.4. The van der Waals surface area contributed by atoms with Crippen molar-refractivity contribution in [3.63, 3.8) is 0 Å². The minimum Gasteiger partial charge on any atom is -0.281 e. The molecule has 0 bridgehead atoms. The Morgan fingerprint density at radius 2 is 1.62 bits per heavy atom. The van der Waals surface area contributed by atoms with Crippen molar-refractivity contribution in [1.29, 1.82) is 0 Å². The van der Waals surface area contributed by atoms with Crippen molar-refractivity contribution in [3.8, 4) is 11.1 Å². The van der Waals surface area contributed by atoms with Crippen LogP contribution >= 0.6 is 0 Å². The number of benzene rings is 3. The molecule has 0 spiro atoms. The lowest BCUT2D eigenvalue weighted by atomic mass is 10.0. The maximum absolute atomic E-state index is 12.9. The second-order valence-electron chi connectivity index (χ2n) is 6.07. The molecule has 1 N–H and O–H groups in total. The number of fused-ring (bicyclic) bond motifs is 3. The summed E-state index contributed by atoms with van der Waals surface area (Å²) in [5.41, 5.74) is 6.36. The fourth-order valence-corrected chi connectivity index (χ4v) is 3.38. The summed E-state index contributed by atoms with van der Waals surface area (Å²) in [6.45, 7) is 1.87. The average molecular weight is 315 g/mol. The number of amides is 1. The summed E-state index contributed by atoms with van der Waals surface area (Å²) in [5.74, 6) is -0.394. The van der Waals surface area contributed by atoms with Crippen molar-refractivity contribution in [2.75, 3.05) is 5.06 Å². The van der Waals surface area contributed by atoms with Crippen molar-refractivity contribution in [2.24, 2.45) is 0 Å². The first-order valence-electron chi connectivity index (χ1n) is 7.96. The Morgan fingerprint density at radius 3 is 2.46 bits per heavy atom. The molecule has 1 aliphatic carbocycles. The molecule has 3 aromatic carbocycles. The molecule has 0 heterocycles. The summed E-state index contributed by atoms with van der Waals surface area (Å²) in [4.78, 5) is 12.9. The van der Waals surface area contributed by atoms with Gasteiger partial charge in [0.1, 0.15) is 0 Å². The predicted octanol–water partition coefficient (Wildman–Crippen LogP) is 4.60. The van der Waals surface area contributed by atoms with Gasteiger partial charge < -0.3 is 0 Å². The SMILES string of the molecule is Cc1ccccc1N(O)C(=O)c1cccc2c1Cc1ccccc1-2. The summed E-state index contributed by atoms with van der Waals surface area (Å²) in [6, 6.07) is 21.2. The highest BCUT2D eigenvalue weighted by Gasteiger charge is 2.26. The number of carbonyl (C=O) groups is 1. The molecule has 1 amide bonds. The van der Waals surface area contributed by atoms with Crippen LogP contribution in [0.4, 0.5) is 5.69 Å². The minimum atomic E-state index is -0.394. The smallest absolute Gasteiger partial charge is 0.281 e. The molecule has 0 aliphatic heterocycles. The van der Waals surface area contributed by atoms with Crippen LogP contribution in [-0.4, -0.2) is 11.1 Å². The fraction of sp³-hybridized carbons (Fsp3) is 0.0952. The van der Waals surface area contributed by atoms with E-state index in [9.17, 15) is 10.0 Å². The molecule has 3 aromatic rings. The van der Waals surface area contributed by atoms with Crippen LogP contribution in [0, 0.1) is 6.92 Å². The third-order valence-electron chi connectivity index (χ3n) is 4.62. The van der Waals surface area contributed by atoms with E-state index >= 15 is 0 Å². The number of hydrogen-bond donors (Lipinski definition) is 1. The van der Waals surface area contributed by atoms with E-state index in [4.69, 9.17) is 0 Å². The first-order chi connectivity index (χ1) is 11.7. The van der Waals surface area contributed by atoms with Gasteiger partial charge in [0.15, 0.2) is 0 Å². The highest BCUT2D eigenvalue weighted by Crippen LogP contribution is 2.38. The van der Waals surface area contributed by atoms with Crippen molar-refractivity contribution in [1.82, 2.24) is 0 Å². The highest BCUT2D eigenvalue weighted by atomic mass is 16.5. The number of hydroxylamine groups is 1. The number of hydrogen-bond acceptors (Lipinski definition) is 2. The molecule has 1 aliphatic rings. The molecule has 0 saturated carbocycles. The Kier molecular flexibility index (Phi) is 3.44. The summed E-state index contributed by atoms with van der Waals surface area (Å²) in [5, 5.41) is 11.2. The number of aryl methyl sites for hydroxylation is 1. The van der Waals surface area contributed by atoms with Gasteiger partial charge in [0.25, 0.3) is 5.91 Å². The largest absolute Gasteiger partial charge is 0.282 e. The fourth-order valence-electron chi connectivity index (χ4n) is 3.38. The van der Waals surface area contributed by atoms with Gasteiger partial charge in [-0.25, -0.2) is 0 Å². The minimum absolute atomic E-state index is 0.394. The van der Waals surface area contributed by atoms with E-state index in [0.717, 1.165) is 28.2 Å². The summed E-state index contributed by atoms with van der Waals surface area (Å²) in [7, 11) is 0. The van der Waals surface area contributed by atoms with Gasteiger partial charge in [-0.3, -0.25) is 10.0 Å². The molecule has 3 heteroatoms. The number of nitrogens with zero attached hydrogens (tertiary/aromatic N) is 1. The monoisotopic (exact) mass is 315 g/mol. The lowest BCUT2D eigenvalue weighted by molar-refractivity contribution is 0.0853. The van der Waals surface area contributed by atoms with Crippen molar-refractivity contribution >= 4 is 11.6 Å². The first kappa shape index (κ1) is 14.7. The number of rotatable bonds is 2. The van der Waals surface area contributed by atoms with Crippen molar-refractivity contribution in [3.05, 3.63) is 89.0 Å². The van der Waals surface area contributed by atoms with E-state index in [-0.39, 0.29) is 0 Å². The van der Waals surface area contributed by atoms with Crippen LogP contribution in [0.5, 0.6) is 0 Å². The predicted molar refractivity (Wildman–Crippen MR) is 94.5 cm³/mol. The first-order valence-corrected chi connectivity index (χ1v) is 7.96. The summed E-state index contributed by atoms with van der Waals surface area (Å²) in [6.07, 6.45) is 0.717. The maximum Gasteiger partial charge on any atom is 0.282 e. The van der Waals surface area contributed by atoms with E-state index in [0.29, 0.717) is 11.3 Å². The van der Waals surface area contributed by atoms with Gasteiger partial charge in [-0.15, -0.1) is 0 Å². The van der Waals surface area contributed by atoms with Gasteiger partial charge >= 0.3 is 0 Å². The van der Waals surface area contributed by atoms with Gasteiger partial charge in [0.05, 0.1) is 5.69 Å². The molecular formula is C21H17NO2. The molecule has 0 fully saturated rings. The van der Waals surface area contributed by atoms with Gasteiger partial charge in [0, 0.05) is 5.56 Å². The Labute approximate surface area is 140 Å². The lowest BCUT2D eigenvalue weighted by Crippen LogP contribution is -2.28. The summed E-state index contributed by atoms with van der Waals surface area (Å²) >= 11 is 0. The standard InChI is InChI=1S/C21H17NO2/c1-14-7-2-5-12-20(14)22(24)21(23)18-11-6-10-17-16-9-4-3-8-15(16)13-19(17)18/h2-12,24H,13H2,1H3. The molecule has 24 heavy (non-hydrogen) atoms. The van der Waals surface area contributed by atoms with Gasteiger partial charge in [-0.05, 0) is 53.3 Å². The third-order valence-corrected chi connectivity index (χ3v) is 4.62. The number of carbonyl (C=O) groups excluding carboxylic acids is 1. The molecule has 0 radical (unpaired) electrons. The van der Waals surface area contributed by atoms with Crippen molar-refractivity contribution < 1.29 is 10.0 Å². The summed E-state index contributed by atoms with van der Waals surface area (Å²) < 4.78 is 0. The molecule has 0 atom stereocenters. The Hall–Kier alpha value is -2.91. The molecule has 3 nitrogen and oxygen atoms in total. The van der Waals surface area contributed by atoms with E-state index in [1.54, 1.807) is 12.1 Å². The second kappa shape index (κ2) is 5.62.